The average Bonchev–Trinajstić information content (AvgIpc) is 2.28. The van der Waals surface area contributed by atoms with Crippen molar-refractivity contribution in [2.45, 2.75) is 33.7 Å². The van der Waals surface area contributed by atoms with Crippen molar-refractivity contribution in [3.8, 4) is 0 Å². The summed E-state index contributed by atoms with van der Waals surface area (Å²) in [7, 11) is 0. The lowest BCUT2D eigenvalue weighted by atomic mass is 10.1. The molecule has 1 rings (SSSR count). The number of aromatic nitrogens is 1. The highest BCUT2D eigenvalue weighted by atomic mass is 35.5. The smallest absolute Gasteiger partial charge is 0.255 e. The molecule has 3 nitrogen and oxygen atoms in total. The van der Waals surface area contributed by atoms with E-state index in [-0.39, 0.29) is 17.1 Å². The lowest BCUT2D eigenvalue weighted by Gasteiger charge is -2.28. The van der Waals surface area contributed by atoms with Gasteiger partial charge in [0.1, 0.15) is 5.15 Å². The molecule has 0 aliphatic carbocycles. The van der Waals surface area contributed by atoms with E-state index in [0.717, 1.165) is 0 Å². The predicted molar refractivity (Wildman–Crippen MR) is 75.3 cm³/mol. The van der Waals surface area contributed by atoms with Crippen molar-refractivity contribution in [1.82, 2.24) is 9.88 Å². The van der Waals surface area contributed by atoms with E-state index in [1.165, 1.54) is 6.20 Å². The van der Waals surface area contributed by atoms with Gasteiger partial charge in [0.15, 0.2) is 0 Å². The van der Waals surface area contributed by atoms with Gasteiger partial charge in [-0.3, -0.25) is 4.79 Å². The molecule has 1 aromatic rings. The molecule has 1 amide bonds. The molecule has 1 aromatic heterocycles. The first-order valence-corrected chi connectivity index (χ1v) is 6.70. The Labute approximate surface area is 118 Å². The standard InChI is InChI=1S/C13H18Cl2N2O/c1-8(2)7-17(9(3)4)13(18)10-5-11(14)12(15)16-6-10/h5-6,8-9H,7H2,1-4H3. The summed E-state index contributed by atoms with van der Waals surface area (Å²) in [5.41, 5.74) is 0.471. The fourth-order valence-electron chi connectivity index (χ4n) is 1.63. The average molecular weight is 289 g/mol. The van der Waals surface area contributed by atoms with Crippen molar-refractivity contribution < 1.29 is 4.79 Å². The molecule has 1 heterocycles. The SMILES string of the molecule is CC(C)CN(C(=O)c1cnc(Cl)c(Cl)c1)C(C)C. The van der Waals surface area contributed by atoms with E-state index in [4.69, 9.17) is 23.2 Å². The molecule has 0 aromatic carbocycles. The number of nitrogens with zero attached hydrogens (tertiary/aromatic N) is 2. The molecular weight excluding hydrogens is 271 g/mol. The summed E-state index contributed by atoms with van der Waals surface area (Å²) in [4.78, 5) is 18.1. The molecule has 0 saturated heterocycles. The second-order valence-corrected chi connectivity index (χ2v) is 5.71. The van der Waals surface area contributed by atoms with E-state index in [1.54, 1.807) is 6.07 Å². The number of carbonyl (C=O) groups is 1. The minimum absolute atomic E-state index is 0.0650. The Kier molecular flexibility index (Phi) is 5.42. The van der Waals surface area contributed by atoms with Gasteiger partial charge >= 0.3 is 0 Å². The predicted octanol–water partition coefficient (Wildman–Crippen LogP) is 3.90. The first kappa shape index (κ1) is 15.3. The van der Waals surface area contributed by atoms with Crippen molar-refractivity contribution in [3.63, 3.8) is 0 Å². The summed E-state index contributed by atoms with van der Waals surface area (Å²) in [6, 6.07) is 1.70. The maximum absolute atomic E-state index is 12.4. The normalized spacial score (nSPS) is 11.1. The van der Waals surface area contributed by atoms with Crippen LogP contribution in [-0.2, 0) is 0 Å². The maximum atomic E-state index is 12.4. The third-order valence-electron chi connectivity index (χ3n) is 2.49. The van der Waals surface area contributed by atoms with Crippen molar-refractivity contribution in [3.05, 3.63) is 28.0 Å². The molecule has 5 heteroatoms. The summed E-state index contributed by atoms with van der Waals surface area (Å²) in [6.07, 6.45) is 1.46. The Balaban J connectivity index is 2.98. The zero-order valence-corrected chi connectivity index (χ0v) is 12.6. The molecule has 0 saturated carbocycles. The van der Waals surface area contributed by atoms with Crippen LogP contribution in [0.2, 0.25) is 10.2 Å². The number of hydrogen-bond donors (Lipinski definition) is 0. The van der Waals surface area contributed by atoms with E-state index in [9.17, 15) is 4.79 Å². The molecular formula is C13H18Cl2N2O. The van der Waals surface area contributed by atoms with E-state index >= 15 is 0 Å². The van der Waals surface area contributed by atoms with E-state index in [1.807, 2.05) is 18.7 Å². The Hall–Kier alpha value is -0.800. The first-order chi connectivity index (χ1) is 8.32. The van der Waals surface area contributed by atoms with Crippen LogP contribution in [0.5, 0.6) is 0 Å². The van der Waals surface area contributed by atoms with Crippen LogP contribution in [0.4, 0.5) is 0 Å². The molecule has 0 radical (unpaired) electrons. The van der Waals surface area contributed by atoms with Gasteiger partial charge in [0.2, 0.25) is 0 Å². The Morgan fingerprint density at radius 1 is 1.33 bits per heavy atom. The van der Waals surface area contributed by atoms with Crippen LogP contribution in [0.3, 0.4) is 0 Å². The molecule has 0 bridgehead atoms. The molecule has 0 aliphatic rings. The van der Waals surface area contributed by atoms with Crippen molar-refractivity contribution in [2.75, 3.05) is 6.54 Å². The number of hydrogen-bond acceptors (Lipinski definition) is 2. The molecule has 18 heavy (non-hydrogen) atoms. The van der Waals surface area contributed by atoms with Crippen LogP contribution >= 0.6 is 23.2 Å². The molecule has 100 valence electrons. The topological polar surface area (TPSA) is 33.2 Å². The minimum atomic E-state index is -0.0650. The zero-order chi connectivity index (χ0) is 13.9. The third kappa shape index (κ3) is 3.85. The highest BCUT2D eigenvalue weighted by Crippen LogP contribution is 2.21. The first-order valence-electron chi connectivity index (χ1n) is 5.95. The van der Waals surface area contributed by atoms with Gasteiger partial charge in [0, 0.05) is 18.8 Å². The van der Waals surface area contributed by atoms with Gasteiger partial charge in [0.25, 0.3) is 5.91 Å². The van der Waals surface area contributed by atoms with Gasteiger partial charge in [-0.15, -0.1) is 0 Å². The van der Waals surface area contributed by atoms with Gasteiger partial charge in [-0.1, -0.05) is 37.0 Å². The minimum Gasteiger partial charge on any atom is -0.336 e. The van der Waals surface area contributed by atoms with E-state index < -0.39 is 0 Å². The lowest BCUT2D eigenvalue weighted by molar-refractivity contribution is 0.0681. The van der Waals surface area contributed by atoms with Crippen LogP contribution in [0.1, 0.15) is 38.1 Å². The third-order valence-corrected chi connectivity index (χ3v) is 3.18. The van der Waals surface area contributed by atoms with E-state index in [2.05, 4.69) is 18.8 Å². The van der Waals surface area contributed by atoms with Crippen molar-refractivity contribution in [1.29, 1.82) is 0 Å². The summed E-state index contributed by atoms with van der Waals surface area (Å²) in [6.45, 7) is 8.85. The summed E-state index contributed by atoms with van der Waals surface area (Å²) in [5.74, 6) is 0.344. The van der Waals surface area contributed by atoms with Crippen LogP contribution in [0, 0.1) is 5.92 Å². The summed E-state index contributed by atoms with van der Waals surface area (Å²) >= 11 is 11.6. The summed E-state index contributed by atoms with van der Waals surface area (Å²) in [5, 5.41) is 0.518. The zero-order valence-electron chi connectivity index (χ0n) is 11.1. The molecule has 0 spiro atoms. The molecule has 0 unspecified atom stereocenters. The fraction of sp³-hybridized carbons (Fsp3) is 0.538. The van der Waals surface area contributed by atoms with E-state index in [0.29, 0.717) is 23.0 Å². The van der Waals surface area contributed by atoms with Crippen molar-refractivity contribution in [2.24, 2.45) is 5.92 Å². The molecule has 0 N–H and O–H groups in total. The van der Waals surface area contributed by atoms with Gasteiger partial charge in [-0.25, -0.2) is 4.98 Å². The van der Waals surface area contributed by atoms with Crippen LogP contribution in [0.15, 0.2) is 12.3 Å². The van der Waals surface area contributed by atoms with Gasteiger partial charge in [-0.05, 0) is 25.8 Å². The maximum Gasteiger partial charge on any atom is 0.255 e. The highest BCUT2D eigenvalue weighted by molar-refractivity contribution is 6.41. The summed E-state index contributed by atoms with van der Waals surface area (Å²) < 4.78 is 0. The van der Waals surface area contributed by atoms with Crippen molar-refractivity contribution >= 4 is 29.1 Å². The Morgan fingerprint density at radius 2 is 1.94 bits per heavy atom. The molecule has 0 atom stereocenters. The quantitative estimate of drug-likeness (QED) is 0.788. The van der Waals surface area contributed by atoms with Gasteiger partial charge in [0.05, 0.1) is 10.6 Å². The van der Waals surface area contributed by atoms with Crippen LogP contribution < -0.4 is 0 Å². The highest BCUT2D eigenvalue weighted by Gasteiger charge is 2.20. The van der Waals surface area contributed by atoms with Crippen LogP contribution in [0.25, 0.3) is 0 Å². The second-order valence-electron chi connectivity index (χ2n) is 4.94. The second kappa shape index (κ2) is 6.39. The Bertz CT molecular complexity index is 433. The van der Waals surface area contributed by atoms with Gasteiger partial charge in [-0.2, -0.15) is 0 Å². The number of pyridine rings is 1. The number of rotatable bonds is 4. The lowest BCUT2D eigenvalue weighted by Crippen LogP contribution is -2.39. The monoisotopic (exact) mass is 288 g/mol. The number of amides is 1. The van der Waals surface area contributed by atoms with Gasteiger partial charge < -0.3 is 4.90 Å². The Morgan fingerprint density at radius 3 is 2.39 bits per heavy atom. The fourth-order valence-corrected chi connectivity index (χ4v) is 1.90. The largest absolute Gasteiger partial charge is 0.336 e. The molecule has 0 fully saturated rings. The number of halogens is 2. The van der Waals surface area contributed by atoms with Crippen LogP contribution in [-0.4, -0.2) is 28.4 Å². The molecule has 0 aliphatic heterocycles. The number of carbonyl (C=O) groups excluding carboxylic acids is 1.